The number of benzene rings is 1. The first-order valence-corrected chi connectivity index (χ1v) is 9.26. The van der Waals surface area contributed by atoms with Crippen LogP contribution in [-0.2, 0) is 21.3 Å². The lowest BCUT2D eigenvalue weighted by molar-refractivity contribution is 0.0688. The van der Waals surface area contributed by atoms with Crippen molar-refractivity contribution >= 4 is 16.0 Å². The molecule has 2 heterocycles. The van der Waals surface area contributed by atoms with E-state index in [9.17, 15) is 18.3 Å². The summed E-state index contributed by atoms with van der Waals surface area (Å²) in [6.07, 6.45) is 1.26. The number of ether oxygens (including phenoxy) is 1. The van der Waals surface area contributed by atoms with Gasteiger partial charge >= 0.3 is 5.97 Å². The first-order valence-electron chi connectivity index (χ1n) is 7.82. The Balaban J connectivity index is 1.94. The van der Waals surface area contributed by atoms with Gasteiger partial charge in [-0.25, -0.2) is 13.2 Å². The maximum atomic E-state index is 12.8. The molecule has 9 heteroatoms. The predicted octanol–water partition coefficient (Wildman–Crippen LogP) is 0.959. The molecule has 1 aromatic carbocycles. The molecule has 134 valence electrons. The standard InChI is InChI=1S/C16H19N3O5S/c1-12-2-4-13(5-3-12)10-18-11-14(16(20)21)15(17-18)25(22,23)19-6-8-24-9-7-19/h2-5,11H,6-10H2,1H3,(H,20,21). The minimum atomic E-state index is -3.98. The molecule has 0 bridgehead atoms. The van der Waals surface area contributed by atoms with E-state index in [1.165, 1.54) is 15.2 Å². The maximum Gasteiger partial charge on any atom is 0.340 e. The van der Waals surface area contributed by atoms with Gasteiger partial charge in [-0.15, -0.1) is 0 Å². The highest BCUT2D eigenvalue weighted by atomic mass is 32.2. The van der Waals surface area contributed by atoms with E-state index >= 15 is 0 Å². The zero-order valence-corrected chi connectivity index (χ0v) is 14.6. The van der Waals surface area contributed by atoms with E-state index in [-0.39, 0.29) is 31.9 Å². The Labute approximate surface area is 145 Å². The SMILES string of the molecule is Cc1ccc(Cn2cc(C(=O)O)c(S(=O)(=O)N3CCOCC3)n2)cc1. The molecule has 0 unspecified atom stereocenters. The summed E-state index contributed by atoms with van der Waals surface area (Å²) < 4.78 is 33.2. The maximum absolute atomic E-state index is 12.8. The van der Waals surface area contributed by atoms with Crippen molar-refractivity contribution in [1.82, 2.24) is 14.1 Å². The molecule has 1 aromatic heterocycles. The van der Waals surface area contributed by atoms with Crippen LogP contribution >= 0.6 is 0 Å². The van der Waals surface area contributed by atoms with E-state index in [4.69, 9.17) is 4.74 Å². The van der Waals surface area contributed by atoms with Crippen molar-refractivity contribution in [2.75, 3.05) is 26.3 Å². The van der Waals surface area contributed by atoms with Gasteiger partial charge in [-0.2, -0.15) is 9.40 Å². The number of nitrogens with zero attached hydrogens (tertiary/aromatic N) is 3. The van der Waals surface area contributed by atoms with Gasteiger partial charge < -0.3 is 9.84 Å². The molecule has 0 radical (unpaired) electrons. The molecule has 2 aromatic rings. The zero-order chi connectivity index (χ0) is 18.0. The normalized spacial score (nSPS) is 16.0. The quantitative estimate of drug-likeness (QED) is 0.847. The van der Waals surface area contributed by atoms with Crippen molar-refractivity contribution in [3.05, 3.63) is 47.2 Å². The third kappa shape index (κ3) is 3.73. The van der Waals surface area contributed by atoms with E-state index in [1.54, 1.807) is 0 Å². The molecule has 0 atom stereocenters. The van der Waals surface area contributed by atoms with Crippen LogP contribution < -0.4 is 0 Å². The molecular formula is C16H19N3O5S. The van der Waals surface area contributed by atoms with Crippen LogP contribution in [0.15, 0.2) is 35.5 Å². The van der Waals surface area contributed by atoms with Gasteiger partial charge in [-0.1, -0.05) is 29.8 Å². The van der Waals surface area contributed by atoms with Gasteiger partial charge in [0.15, 0.2) is 0 Å². The van der Waals surface area contributed by atoms with E-state index < -0.39 is 21.0 Å². The Hall–Kier alpha value is -2.23. The number of aryl methyl sites for hydroxylation is 1. The minimum Gasteiger partial charge on any atom is -0.478 e. The molecule has 25 heavy (non-hydrogen) atoms. The average Bonchev–Trinajstić information content (AvgIpc) is 3.03. The smallest absolute Gasteiger partial charge is 0.340 e. The number of aromatic carboxylic acids is 1. The van der Waals surface area contributed by atoms with Gasteiger partial charge in [-0.05, 0) is 12.5 Å². The van der Waals surface area contributed by atoms with Gasteiger partial charge in [0, 0.05) is 19.3 Å². The highest BCUT2D eigenvalue weighted by Gasteiger charge is 2.33. The topological polar surface area (TPSA) is 102 Å². The largest absolute Gasteiger partial charge is 0.478 e. The number of sulfonamides is 1. The molecule has 1 saturated heterocycles. The van der Waals surface area contributed by atoms with E-state index in [2.05, 4.69) is 5.10 Å². The lowest BCUT2D eigenvalue weighted by Crippen LogP contribution is -2.41. The zero-order valence-electron chi connectivity index (χ0n) is 13.8. The van der Waals surface area contributed by atoms with Gasteiger partial charge in [0.2, 0.25) is 5.03 Å². The molecule has 0 aliphatic carbocycles. The molecular weight excluding hydrogens is 346 g/mol. The van der Waals surface area contributed by atoms with Crippen molar-refractivity contribution in [2.24, 2.45) is 0 Å². The molecule has 8 nitrogen and oxygen atoms in total. The Morgan fingerprint density at radius 2 is 1.88 bits per heavy atom. The molecule has 3 rings (SSSR count). The van der Waals surface area contributed by atoms with Crippen LogP contribution in [0.5, 0.6) is 0 Å². The fraction of sp³-hybridized carbons (Fsp3) is 0.375. The van der Waals surface area contributed by atoms with Gasteiger partial charge in [0.05, 0.1) is 19.8 Å². The summed E-state index contributed by atoms with van der Waals surface area (Å²) >= 11 is 0. The van der Waals surface area contributed by atoms with Gasteiger partial charge in [0.25, 0.3) is 10.0 Å². The summed E-state index contributed by atoms with van der Waals surface area (Å²) in [6.45, 7) is 3.20. The number of hydrogen-bond acceptors (Lipinski definition) is 5. The number of hydrogen-bond donors (Lipinski definition) is 1. The highest BCUT2D eigenvalue weighted by molar-refractivity contribution is 7.89. The average molecular weight is 365 g/mol. The lowest BCUT2D eigenvalue weighted by Gasteiger charge is -2.25. The predicted molar refractivity (Wildman–Crippen MR) is 89.0 cm³/mol. The summed E-state index contributed by atoms with van der Waals surface area (Å²) in [5.74, 6) is -1.32. The minimum absolute atomic E-state index is 0.187. The molecule has 0 spiro atoms. The highest BCUT2D eigenvalue weighted by Crippen LogP contribution is 2.20. The molecule has 0 saturated carbocycles. The van der Waals surface area contributed by atoms with Crippen LogP contribution in [0.4, 0.5) is 0 Å². The van der Waals surface area contributed by atoms with Crippen molar-refractivity contribution in [3.8, 4) is 0 Å². The Morgan fingerprint density at radius 1 is 1.24 bits per heavy atom. The Bertz CT molecular complexity index is 868. The van der Waals surface area contributed by atoms with Crippen LogP contribution in [0.3, 0.4) is 0 Å². The first kappa shape index (κ1) is 17.6. The number of carboxylic acids is 1. The van der Waals surface area contributed by atoms with Crippen molar-refractivity contribution < 1.29 is 23.1 Å². The monoisotopic (exact) mass is 365 g/mol. The molecule has 0 amide bonds. The van der Waals surface area contributed by atoms with Crippen LogP contribution in [0.1, 0.15) is 21.5 Å². The number of rotatable bonds is 5. The summed E-state index contributed by atoms with van der Waals surface area (Å²) in [7, 11) is -3.98. The summed E-state index contributed by atoms with van der Waals surface area (Å²) in [5.41, 5.74) is 1.69. The number of aromatic nitrogens is 2. The second kappa shape index (κ2) is 6.95. The van der Waals surface area contributed by atoms with Crippen molar-refractivity contribution in [1.29, 1.82) is 0 Å². The van der Waals surface area contributed by atoms with Crippen molar-refractivity contribution in [3.63, 3.8) is 0 Å². The Kier molecular flexibility index (Phi) is 4.89. The van der Waals surface area contributed by atoms with Crippen LogP contribution in [0, 0.1) is 6.92 Å². The summed E-state index contributed by atoms with van der Waals surface area (Å²) in [5, 5.41) is 13.0. The molecule has 1 aliphatic heterocycles. The number of carboxylic acid groups (broad SMARTS) is 1. The fourth-order valence-corrected chi connectivity index (χ4v) is 4.11. The van der Waals surface area contributed by atoms with Crippen LogP contribution in [0.2, 0.25) is 0 Å². The van der Waals surface area contributed by atoms with Crippen LogP contribution in [0.25, 0.3) is 0 Å². The summed E-state index contributed by atoms with van der Waals surface area (Å²) in [6, 6.07) is 7.66. The molecule has 1 N–H and O–H groups in total. The van der Waals surface area contributed by atoms with Gasteiger partial charge in [0.1, 0.15) is 5.56 Å². The van der Waals surface area contributed by atoms with Crippen LogP contribution in [-0.4, -0.2) is 59.9 Å². The van der Waals surface area contributed by atoms with Crippen molar-refractivity contribution in [2.45, 2.75) is 18.5 Å². The summed E-state index contributed by atoms with van der Waals surface area (Å²) in [4.78, 5) is 11.5. The lowest BCUT2D eigenvalue weighted by atomic mass is 10.1. The van der Waals surface area contributed by atoms with E-state index in [1.807, 2.05) is 31.2 Å². The second-order valence-electron chi connectivity index (χ2n) is 5.85. The number of morpholine rings is 1. The number of carbonyl (C=O) groups is 1. The fourth-order valence-electron chi connectivity index (χ4n) is 2.61. The third-order valence-electron chi connectivity index (χ3n) is 3.98. The van der Waals surface area contributed by atoms with Gasteiger partial charge in [-0.3, -0.25) is 4.68 Å². The first-order chi connectivity index (χ1) is 11.9. The third-order valence-corrected chi connectivity index (χ3v) is 5.81. The second-order valence-corrected chi connectivity index (χ2v) is 7.71. The molecule has 1 aliphatic rings. The van der Waals surface area contributed by atoms with E-state index in [0.717, 1.165) is 11.1 Å². The van der Waals surface area contributed by atoms with E-state index in [0.29, 0.717) is 6.54 Å². The molecule has 1 fully saturated rings. The Morgan fingerprint density at radius 3 is 2.48 bits per heavy atom.